The summed E-state index contributed by atoms with van der Waals surface area (Å²) in [5.41, 5.74) is 5.69. The van der Waals surface area contributed by atoms with Crippen molar-refractivity contribution in [2.75, 3.05) is 13.2 Å². The fourth-order valence-electron chi connectivity index (χ4n) is 3.23. The number of carbonyl (C=O) groups excluding carboxylic acids is 2. The monoisotopic (exact) mass is 477 g/mol. The standard InChI is InChI=1S/C24H31NO7S/c1-5-30-21(26)15-18(16-25)22(23(27)31-24(2,3)4)17-11-13-19(14-12-17)32-33(28,29)20-9-7-6-8-10-20/h6-14,18,22H,5,15-16,25H2,1-4H3. The minimum absolute atomic E-state index is 0.0262. The number of hydrogen-bond donors (Lipinski definition) is 1. The van der Waals surface area contributed by atoms with Crippen LogP contribution in [-0.4, -0.2) is 39.1 Å². The van der Waals surface area contributed by atoms with Gasteiger partial charge in [0.15, 0.2) is 0 Å². The van der Waals surface area contributed by atoms with Gasteiger partial charge in [0.1, 0.15) is 16.2 Å². The Morgan fingerprint density at radius 1 is 1.00 bits per heavy atom. The first-order chi connectivity index (χ1) is 15.5. The van der Waals surface area contributed by atoms with Crippen LogP contribution < -0.4 is 9.92 Å². The summed E-state index contributed by atoms with van der Waals surface area (Å²) in [5.74, 6) is -2.33. The van der Waals surface area contributed by atoms with E-state index in [0.29, 0.717) is 5.56 Å². The van der Waals surface area contributed by atoms with Crippen molar-refractivity contribution in [3.8, 4) is 5.75 Å². The second kappa shape index (κ2) is 11.3. The number of ether oxygens (including phenoxy) is 2. The molecule has 0 amide bonds. The third-order valence-corrected chi connectivity index (χ3v) is 5.91. The van der Waals surface area contributed by atoms with Crippen molar-refractivity contribution >= 4 is 22.1 Å². The molecule has 9 heteroatoms. The van der Waals surface area contributed by atoms with Gasteiger partial charge in [0.25, 0.3) is 0 Å². The van der Waals surface area contributed by atoms with Crippen LogP contribution in [0.2, 0.25) is 0 Å². The first-order valence-corrected chi connectivity index (χ1v) is 12.1. The number of hydrogen-bond acceptors (Lipinski definition) is 8. The molecule has 2 aromatic rings. The zero-order valence-corrected chi connectivity index (χ0v) is 20.1. The van der Waals surface area contributed by atoms with Crippen molar-refractivity contribution < 1.29 is 31.7 Å². The summed E-state index contributed by atoms with van der Waals surface area (Å²) < 4.78 is 40.7. The quantitative estimate of drug-likeness (QED) is 0.408. The predicted molar refractivity (Wildman–Crippen MR) is 123 cm³/mol. The Bertz CT molecular complexity index is 1030. The molecule has 2 aromatic carbocycles. The summed E-state index contributed by atoms with van der Waals surface area (Å²) >= 11 is 0. The largest absolute Gasteiger partial charge is 0.466 e. The molecule has 2 N–H and O–H groups in total. The second-order valence-corrected chi connectivity index (χ2v) is 9.98. The fourth-order valence-corrected chi connectivity index (χ4v) is 4.18. The van der Waals surface area contributed by atoms with E-state index in [1.165, 1.54) is 24.3 Å². The van der Waals surface area contributed by atoms with Crippen LogP contribution in [0.3, 0.4) is 0 Å². The van der Waals surface area contributed by atoms with E-state index in [2.05, 4.69) is 0 Å². The molecule has 33 heavy (non-hydrogen) atoms. The van der Waals surface area contributed by atoms with E-state index in [0.717, 1.165) is 0 Å². The normalized spacial score (nSPS) is 13.6. The van der Waals surface area contributed by atoms with Crippen molar-refractivity contribution in [2.45, 2.75) is 50.5 Å². The lowest BCUT2D eigenvalue weighted by atomic mass is 9.83. The topological polar surface area (TPSA) is 122 Å². The molecular weight excluding hydrogens is 446 g/mol. The predicted octanol–water partition coefficient (Wildman–Crippen LogP) is 3.41. The molecule has 0 aliphatic carbocycles. The van der Waals surface area contributed by atoms with E-state index in [9.17, 15) is 18.0 Å². The van der Waals surface area contributed by atoms with Gasteiger partial charge in [-0.1, -0.05) is 30.3 Å². The molecule has 0 bridgehead atoms. The molecule has 0 saturated heterocycles. The van der Waals surface area contributed by atoms with Crippen LogP contribution in [0.4, 0.5) is 0 Å². The third-order valence-electron chi connectivity index (χ3n) is 4.65. The first kappa shape index (κ1) is 26.3. The highest BCUT2D eigenvalue weighted by Gasteiger charge is 2.34. The number of rotatable bonds is 10. The van der Waals surface area contributed by atoms with Crippen LogP contribution in [0.25, 0.3) is 0 Å². The molecule has 0 aliphatic rings. The summed E-state index contributed by atoms with van der Waals surface area (Å²) in [6.07, 6.45) is -0.0606. The SMILES string of the molecule is CCOC(=O)CC(CN)C(C(=O)OC(C)(C)C)c1ccc(OS(=O)(=O)c2ccccc2)cc1. The van der Waals surface area contributed by atoms with Gasteiger partial charge in [-0.3, -0.25) is 9.59 Å². The molecule has 180 valence electrons. The van der Waals surface area contributed by atoms with Crippen molar-refractivity contribution in [1.29, 1.82) is 0 Å². The molecule has 0 radical (unpaired) electrons. The number of benzene rings is 2. The Hall–Kier alpha value is -2.91. The zero-order chi connectivity index (χ0) is 24.6. The lowest BCUT2D eigenvalue weighted by Gasteiger charge is -2.28. The van der Waals surface area contributed by atoms with Crippen LogP contribution >= 0.6 is 0 Å². The number of nitrogens with two attached hydrogens (primary N) is 1. The summed E-state index contributed by atoms with van der Waals surface area (Å²) in [6, 6.07) is 13.8. The molecule has 0 spiro atoms. The van der Waals surface area contributed by atoms with Gasteiger partial charge in [-0.25, -0.2) is 0 Å². The van der Waals surface area contributed by atoms with Gasteiger partial charge in [-0.05, 0) is 70.0 Å². The Labute approximate surface area is 195 Å². The maximum atomic E-state index is 13.0. The van der Waals surface area contributed by atoms with Gasteiger partial charge in [-0.15, -0.1) is 0 Å². The lowest BCUT2D eigenvalue weighted by molar-refractivity contribution is -0.158. The molecule has 0 heterocycles. The van der Waals surface area contributed by atoms with Crippen molar-refractivity contribution in [1.82, 2.24) is 0 Å². The second-order valence-electron chi connectivity index (χ2n) is 8.44. The summed E-state index contributed by atoms with van der Waals surface area (Å²) in [5, 5.41) is 0. The summed E-state index contributed by atoms with van der Waals surface area (Å²) in [4.78, 5) is 25.2. The average molecular weight is 478 g/mol. The van der Waals surface area contributed by atoms with Crippen LogP contribution in [0, 0.1) is 5.92 Å². The van der Waals surface area contributed by atoms with Crippen molar-refractivity contribution in [3.05, 3.63) is 60.2 Å². The minimum atomic E-state index is -4.00. The van der Waals surface area contributed by atoms with Gasteiger partial charge >= 0.3 is 22.1 Å². The molecule has 0 aromatic heterocycles. The lowest BCUT2D eigenvalue weighted by Crippen LogP contribution is -2.35. The van der Waals surface area contributed by atoms with Gasteiger partial charge < -0.3 is 19.4 Å². The van der Waals surface area contributed by atoms with E-state index in [4.69, 9.17) is 19.4 Å². The van der Waals surface area contributed by atoms with E-state index in [1.807, 2.05) is 0 Å². The Balaban J connectivity index is 2.32. The molecule has 0 aliphatic heterocycles. The van der Waals surface area contributed by atoms with Crippen molar-refractivity contribution in [3.63, 3.8) is 0 Å². The van der Waals surface area contributed by atoms with E-state index < -0.39 is 39.5 Å². The molecular formula is C24H31NO7S. The Morgan fingerprint density at radius 2 is 1.61 bits per heavy atom. The van der Waals surface area contributed by atoms with Crippen LogP contribution in [0.1, 0.15) is 45.6 Å². The molecule has 0 saturated carbocycles. The molecule has 2 atom stereocenters. The van der Waals surface area contributed by atoms with Crippen LogP contribution in [0.5, 0.6) is 5.75 Å². The van der Waals surface area contributed by atoms with Crippen LogP contribution in [-0.2, 0) is 29.2 Å². The zero-order valence-electron chi connectivity index (χ0n) is 19.3. The minimum Gasteiger partial charge on any atom is -0.466 e. The van der Waals surface area contributed by atoms with E-state index in [1.54, 1.807) is 58.0 Å². The van der Waals surface area contributed by atoms with E-state index >= 15 is 0 Å². The maximum absolute atomic E-state index is 13.0. The third kappa shape index (κ3) is 7.87. The summed E-state index contributed by atoms with van der Waals surface area (Å²) in [6.45, 7) is 7.20. The highest BCUT2D eigenvalue weighted by Crippen LogP contribution is 2.32. The summed E-state index contributed by atoms with van der Waals surface area (Å²) in [7, 11) is -4.00. The Morgan fingerprint density at radius 3 is 2.12 bits per heavy atom. The van der Waals surface area contributed by atoms with Gasteiger partial charge in [0.05, 0.1) is 18.9 Å². The van der Waals surface area contributed by atoms with E-state index in [-0.39, 0.29) is 30.2 Å². The van der Waals surface area contributed by atoms with Crippen molar-refractivity contribution in [2.24, 2.45) is 11.7 Å². The van der Waals surface area contributed by atoms with Gasteiger partial charge in [-0.2, -0.15) is 8.42 Å². The number of carbonyl (C=O) groups is 2. The molecule has 2 unspecified atom stereocenters. The van der Waals surface area contributed by atoms with Gasteiger partial charge in [0.2, 0.25) is 0 Å². The highest BCUT2D eigenvalue weighted by molar-refractivity contribution is 7.87. The average Bonchev–Trinajstić information content (AvgIpc) is 2.73. The Kier molecular flexibility index (Phi) is 9.01. The number of esters is 2. The maximum Gasteiger partial charge on any atom is 0.339 e. The van der Waals surface area contributed by atoms with Gasteiger partial charge in [0, 0.05) is 0 Å². The fraction of sp³-hybridized carbons (Fsp3) is 0.417. The molecule has 8 nitrogen and oxygen atoms in total. The molecule has 0 fully saturated rings. The highest BCUT2D eigenvalue weighted by atomic mass is 32.2. The first-order valence-electron chi connectivity index (χ1n) is 10.6. The smallest absolute Gasteiger partial charge is 0.339 e. The van der Waals surface area contributed by atoms with Crippen LogP contribution in [0.15, 0.2) is 59.5 Å². The molecule has 2 rings (SSSR count).